The first-order chi connectivity index (χ1) is 8.72. The monoisotopic (exact) mass is 252 g/mol. The Balaban J connectivity index is 2.87. The lowest BCUT2D eigenvalue weighted by Crippen LogP contribution is -2.02. The molecule has 1 aromatic rings. The van der Waals surface area contributed by atoms with Gasteiger partial charge in [0.1, 0.15) is 0 Å². The first kappa shape index (κ1) is 14.8. The van der Waals surface area contributed by atoms with Gasteiger partial charge < -0.3 is 14.6 Å². The quantitative estimate of drug-likeness (QED) is 0.766. The van der Waals surface area contributed by atoms with Gasteiger partial charge in [0.05, 0.1) is 19.3 Å². The predicted octanol–water partition coefficient (Wildman–Crippen LogP) is 3.71. The maximum absolute atomic E-state index is 9.98. The standard InChI is InChI=1S/C15H24O3/c1-4-7-13(16)12-8-9-14(18-10-5-2)15(11-12)17-6-3/h8-9,11,13,16H,4-7,10H2,1-3H3. The molecule has 0 aromatic heterocycles. The van der Waals surface area contributed by atoms with Crippen molar-refractivity contribution in [3.05, 3.63) is 23.8 Å². The fraction of sp³-hybridized carbons (Fsp3) is 0.600. The molecule has 102 valence electrons. The minimum Gasteiger partial charge on any atom is -0.490 e. The van der Waals surface area contributed by atoms with Crippen molar-refractivity contribution in [2.75, 3.05) is 13.2 Å². The number of hydrogen-bond acceptors (Lipinski definition) is 3. The molecule has 0 saturated heterocycles. The Labute approximate surface area is 110 Å². The summed E-state index contributed by atoms with van der Waals surface area (Å²) in [6, 6.07) is 5.68. The summed E-state index contributed by atoms with van der Waals surface area (Å²) in [6.07, 6.45) is 2.26. The van der Waals surface area contributed by atoms with Crippen molar-refractivity contribution in [3.8, 4) is 11.5 Å². The highest BCUT2D eigenvalue weighted by Gasteiger charge is 2.11. The molecule has 3 nitrogen and oxygen atoms in total. The van der Waals surface area contributed by atoms with Crippen LogP contribution in [0.25, 0.3) is 0 Å². The van der Waals surface area contributed by atoms with E-state index in [1.165, 1.54) is 0 Å². The normalized spacial score (nSPS) is 12.2. The van der Waals surface area contributed by atoms with Crippen LogP contribution in [0.5, 0.6) is 11.5 Å². The fourth-order valence-corrected chi connectivity index (χ4v) is 1.77. The zero-order valence-electron chi connectivity index (χ0n) is 11.6. The van der Waals surface area contributed by atoms with Crippen LogP contribution in [0.15, 0.2) is 18.2 Å². The van der Waals surface area contributed by atoms with Crippen molar-refractivity contribution >= 4 is 0 Å². The molecule has 0 heterocycles. The summed E-state index contributed by atoms with van der Waals surface area (Å²) in [5, 5.41) is 9.98. The van der Waals surface area contributed by atoms with Crippen LogP contribution < -0.4 is 9.47 Å². The van der Waals surface area contributed by atoms with E-state index in [1.807, 2.05) is 25.1 Å². The Hall–Kier alpha value is -1.22. The van der Waals surface area contributed by atoms with E-state index in [2.05, 4.69) is 13.8 Å². The second-order valence-corrected chi connectivity index (χ2v) is 4.29. The number of rotatable bonds is 8. The van der Waals surface area contributed by atoms with Gasteiger partial charge in [0.2, 0.25) is 0 Å². The van der Waals surface area contributed by atoms with Crippen LogP contribution in [0.1, 0.15) is 51.7 Å². The van der Waals surface area contributed by atoms with Crippen molar-refractivity contribution in [1.29, 1.82) is 0 Å². The lowest BCUT2D eigenvalue weighted by atomic mass is 10.0. The molecular weight excluding hydrogens is 228 g/mol. The second kappa shape index (κ2) is 7.98. The highest BCUT2D eigenvalue weighted by molar-refractivity contribution is 5.43. The molecule has 0 amide bonds. The van der Waals surface area contributed by atoms with Crippen LogP contribution in [0.2, 0.25) is 0 Å². The van der Waals surface area contributed by atoms with Crippen molar-refractivity contribution < 1.29 is 14.6 Å². The van der Waals surface area contributed by atoms with Gasteiger partial charge in [0, 0.05) is 0 Å². The molecule has 0 spiro atoms. The first-order valence-electron chi connectivity index (χ1n) is 6.80. The van der Waals surface area contributed by atoms with E-state index in [1.54, 1.807) is 0 Å². The van der Waals surface area contributed by atoms with E-state index in [-0.39, 0.29) is 0 Å². The summed E-state index contributed by atoms with van der Waals surface area (Å²) in [6.45, 7) is 7.34. The van der Waals surface area contributed by atoms with Gasteiger partial charge in [0.25, 0.3) is 0 Å². The summed E-state index contributed by atoms with van der Waals surface area (Å²) in [7, 11) is 0. The second-order valence-electron chi connectivity index (χ2n) is 4.29. The van der Waals surface area contributed by atoms with Gasteiger partial charge in [-0.25, -0.2) is 0 Å². The Kier molecular flexibility index (Phi) is 6.58. The molecule has 0 aliphatic rings. The highest BCUT2D eigenvalue weighted by atomic mass is 16.5. The van der Waals surface area contributed by atoms with Crippen molar-refractivity contribution in [3.63, 3.8) is 0 Å². The number of aliphatic hydroxyl groups excluding tert-OH is 1. The van der Waals surface area contributed by atoms with E-state index in [4.69, 9.17) is 9.47 Å². The van der Waals surface area contributed by atoms with E-state index < -0.39 is 6.10 Å². The van der Waals surface area contributed by atoms with Crippen molar-refractivity contribution in [2.45, 2.75) is 46.1 Å². The third-order valence-electron chi connectivity index (χ3n) is 2.68. The minimum atomic E-state index is -0.422. The zero-order chi connectivity index (χ0) is 13.4. The summed E-state index contributed by atoms with van der Waals surface area (Å²) in [5.74, 6) is 1.48. The molecule has 0 bridgehead atoms. The van der Waals surface area contributed by atoms with E-state index in [0.29, 0.717) is 13.2 Å². The topological polar surface area (TPSA) is 38.7 Å². The van der Waals surface area contributed by atoms with Crippen LogP contribution in [0, 0.1) is 0 Å². The van der Waals surface area contributed by atoms with Crippen LogP contribution >= 0.6 is 0 Å². The number of hydrogen-bond donors (Lipinski definition) is 1. The van der Waals surface area contributed by atoms with Gasteiger partial charge in [-0.05, 0) is 37.5 Å². The SMILES string of the molecule is CCCOc1ccc(C(O)CCC)cc1OCC. The number of ether oxygens (including phenoxy) is 2. The fourth-order valence-electron chi connectivity index (χ4n) is 1.77. The lowest BCUT2D eigenvalue weighted by Gasteiger charge is -2.15. The molecule has 3 heteroatoms. The van der Waals surface area contributed by atoms with Crippen molar-refractivity contribution in [2.24, 2.45) is 0 Å². The van der Waals surface area contributed by atoms with Gasteiger partial charge >= 0.3 is 0 Å². The molecule has 0 saturated carbocycles. The first-order valence-corrected chi connectivity index (χ1v) is 6.80. The van der Waals surface area contributed by atoms with E-state index in [9.17, 15) is 5.11 Å². The number of aliphatic hydroxyl groups is 1. The van der Waals surface area contributed by atoms with Gasteiger partial charge in [-0.2, -0.15) is 0 Å². The maximum Gasteiger partial charge on any atom is 0.161 e. The molecule has 1 aromatic carbocycles. The van der Waals surface area contributed by atoms with E-state index >= 15 is 0 Å². The summed E-state index contributed by atoms with van der Waals surface area (Å²) in [4.78, 5) is 0. The minimum absolute atomic E-state index is 0.422. The van der Waals surface area contributed by atoms with Gasteiger partial charge in [-0.3, -0.25) is 0 Å². The largest absolute Gasteiger partial charge is 0.490 e. The lowest BCUT2D eigenvalue weighted by molar-refractivity contribution is 0.165. The van der Waals surface area contributed by atoms with Crippen LogP contribution in [0.4, 0.5) is 0 Å². The summed E-state index contributed by atoms with van der Waals surface area (Å²) >= 11 is 0. The molecule has 1 N–H and O–H groups in total. The molecular formula is C15H24O3. The van der Waals surface area contributed by atoms with Gasteiger partial charge in [-0.1, -0.05) is 26.3 Å². The van der Waals surface area contributed by atoms with Crippen LogP contribution in [-0.4, -0.2) is 18.3 Å². The van der Waals surface area contributed by atoms with Crippen LogP contribution in [0.3, 0.4) is 0 Å². The molecule has 0 aliphatic heterocycles. The average Bonchev–Trinajstić information content (AvgIpc) is 2.38. The molecule has 0 fully saturated rings. The molecule has 0 radical (unpaired) electrons. The Bertz CT molecular complexity index is 350. The predicted molar refractivity (Wildman–Crippen MR) is 73.3 cm³/mol. The van der Waals surface area contributed by atoms with E-state index in [0.717, 1.165) is 36.3 Å². The Morgan fingerprint density at radius 2 is 1.83 bits per heavy atom. The highest BCUT2D eigenvalue weighted by Crippen LogP contribution is 2.31. The summed E-state index contributed by atoms with van der Waals surface area (Å²) in [5.41, 5.74) is 0.893. The summed E-state index contributed by atoms with van der Waals surface area (Å²) < 4.78 is 11.2. The zero-order valence-corrected chi connectivity index (χ0v) is 11.6. The Morgan fingerprint density at radius 3 is 2.44 bits per heavy atom. The molecule has 0 aliphatic carbocycles. The average molecular weight is 252 g/mol. The van der Waals surface area contributed by atoms with Crippen molar-refractivity contribution in [1.82, 2.24) is 0 Å². The third kappa shape index (κ3) is 4.22. The number of benzene rings is 1. The Morgan fingerprint density at radius 1 is 1.06 bits per heavy atom. The van der Waals surface area contributed by atoms with Crippen LogP contribution in [-0.2, 0) is 0 Å². The smallest absolute Gasteiger partial charge is 0.161 e. The maximum atomic E-state index is 9.98. The van der Waals surface area contributed by atoms with Gasteiger partial charge in [0.15, 0.2) is 11.5 Å². The molecule has 1 rings (SSSR count). The van der Waals surface area contributed by atoms with Gasteiger partial charge in [-0.15, -0.1) is 0 Å². The molecule has 18 heavy (non-hydrogen) atoms. The molecule has 1 unspecified atom stereocenters. The molecule has 1 atom stereocenters. The third-order valence-corrected chi connectivity index (χ3v) is 2.68.